The van der Waals surface area contributed by atoms with Crippen molar-refractivity contribution < 1.29 is 9.13 Å². The second-order valence-electron chi connectivity index (χ2n) is 2.64. The highest BCUT2D eigenvalue weighted by Gasteiger charge is 2.04. The Morgan fingerprint density at radius 2 is 2.33 bits per heavy atom. The topological polar surface area (TPSA) is 59.9 Å². The first-order valence-electron chi connectivity index (χ1n) is 4.05. The van der Waals surface area contributed by atoms with E-state index in [-0.39, 0.29) is 5.75 Å². The molecule has 0 aliphatic heterocycles. The van der Waals surface area contributed by atoms with Crippen molar-refractivity contribution in [2.24, 2.45) is 0 Å². The Morgan fingerprint density at radius 1 is 1.47 bits per heavy atom. The van der Waals surface area contributed by atoms with Crippen LogP contribution in [0.2, 0.25) is 0 Å². The Kier molecular flexibility index (Phi) is 2.72. The maximum atomic E-state index is 13.3. The van der Waals surface area contributed by atoms with E-state index in [2.05, 4.69) is 20.1 Å². The van der Waals surface area contributed by atoms with Gasteiger partial charge in [-0.05, 0) is 17.3 Å². The van der Waals surface area contributed by atoms with Gasteiger partial charge in [-0.1, -0.05) is 9.59 Å². The predicted octanol–water partition coefficient (Wildman–Crippen LogP) is 1.82. The zero-order chi connectivity index (χ0) is 10.7. The molecule has 1 heterocycles. The highest BCUT2D eigenvalue weighted by Crippen LogP contribution is 2.23. The molecule has 0 amide bonds. The van der Waals surface area contributed by atoms with Gasteiger partial charge in [0.15, 0.2) is 11.6 Å². The number of nitrogens with one attached hydrogen (secondary N) is 1. The lowest BCUT2D eigenvalue weighted by atomic mass is 10.3. The summed E-state index contributed by atoms with van der Waals surface area (Å²) in [5.41, 5.74) is 0.576. The highest BCUT2D eigenvalue weighted by atomic mass is 32.1. The van der Waals surface area contributed by atoms with Crippen LogP contribution in [0.5, 0.6) is 5.75 Å². The van der Waals surface area contributed by atoms with Gasteiger partial charge in [-0.3, -0.25) is 0 Å². The molecule has 2 aromatic rings. The number of ether oxygens (including phenoxy) is 1. The number of hydrogen-bond donors (Lipinski definition) is 1. The minimum atomic E-state index is -0.431. The molecule has 0 spiro atoms. The molecule has 0 fully saturated rings. The maximum Gasteiger partial charge on any atom is 0.229 e. The lowest BCUT2D eigenvalue weighted by Gasteiger charge is -2.04. The van der Waals surface area contributed by atoms with E-state index in [0.717, 1.165) is 11.5 Å². The normalized spacial score (nSPS) is 10.0. The van der Waals surface area contributed by atoms with Gasteiger partial charge < -0.3 is 10.1 Å². The van der Waals surface area contributed by atoms with Crippen LogP contribution in [0.15, 0.2) is 18.2 Å². The molecule has 0 aliphatic carbocycles. The first-order chi connectivity index (χ1) is 7.29. The number of benzene rings is 1. The van der Waals surface area contributed by atoms with Gasteiger partial charge in [0, 0.05) is 23.3 Å². The fraction of sp³-hybridized carbons (Fsp3) is 0.125. The summed E-state index contributed by atoms with van der Waals surface area (Å²) < 4.78 is 21.6. The Labute approximate surface area is 89.1 Å². The van der Waals surface area contributed by atoms with Crippen LogP contribution >= 0.6 is 11.5 Å². The molecule has 1 aromatic carbocycles. The van der Waals surface area contributed by atoms with E-state index in [1.165, 1.54) is 19.2 Å². The summed E-state index contributed by atoms with van der Waals surface area (Å²) in [6.07, 6.45) is 0. The molecule has 0 bridgehead atoms. The van der Waals surface area contributed by atoms with E-state index in [1.54, 1.807) is 6.07 Å². The second-order valence-corrected chi connectivity index (χ2v) is 3.37. The van der Waals surface area contributed by atoms with Crippen molar-refractivity contribution in [1.82, 2.24) is 14.8 Å². The summed E-state index contributed by atoms with van der Waals surface area (Å²) in [6, 6.07) is 4.54. The third-order valence-corrected chi connectivity index (χ3v) is 2.21. The first kappa shape index (κ1) is 9.78. The van der Waals surface area contributed by atoms with Crippen LogP contribution in [0, 0.1) is 5.82 Å². The highest BCUT2D eigenvalue weighted by molar-refractivity contribution is 7.09. The van der Waals surface area contributed by atoms with Crippen molar-refractivity contribution in [3.05, 3.63) is 24.0 Å². The minimum absolute atomic E-state index is 0.205. The van der Waals surface area contributed by atoms with Gasteiger partial charge in [0.2, 0.25) is 5.13 Å². The van der Waals surface area contributed by atoms with Crippen molar-refractivity contribution in [1.29, 1.82) is 0 Å². The molecule has 5 nitrogen and oxygen atoms in total. The van der Waals surface area contributed by atoms with E-state index in [9.17, 15) is 4.39 Å². The standard InChI is InChI=1S/C8H7FN4OS/c1-14-7-3-2-5(4-6(7)9)10-8-11-12-13-15-8/h2-4H,1H3,(H,10,11,13). The molecule has 0 saturated heterocycles. The molecular weight excluding hydrogens is 219 g/mol. The predicted molar refractivity (Wildman–Crippen MR) is 53.9 cm³/mol. The van der Waals surface area contributed by atoms with Crippen molar-refractivity contribution >= 4 is 22.4 Å². The van der Waals surface area contributed by atoms with E-state index in [1.807, 2.05) is 0 Å². The van der Waals surface area contributed by atoms with Gasteiger partial charge in [0.1, 0.15) is 0 Å². The fourth-order valence-electron chi connectivity index (χ4n) is 1.05. The molecule has 2 rings (SSSR count). The quantitative estimate of drug-likeness (QED) is 0.865. The number of aromatic nitrogens is 3. The Bertz CT molecular complexity index is 448. The zero-order valence-electron chi connectivity index (χ0n) is 7.77. The van der Waals surface area contributed by atoms with Crippen LogP contribution in [0.25, 0.3) is 0 Å². The molecule has 1 aromatic heterocycles. The summed E-state index contributed by atoms with van der Waals surface area (Å²) in [5.74, 6) is -0.226. The zero-order valence-corrected chi connectivity index (χ0v) is 8.58. The van der Waals surface area contributed by atoms with Crippen molar-refractivity contribution in [2.45, 2.75) is 0 Å². The maximum absolute atomic E-state index is 13.3. The first-order valence-corrected chi connectivity index (χ1v) is 4.82. The fourth-order valence-corrected chi connectivity index (χ4v) is 1.44. The van der Waals surface area contributed by atoms with Crippen LogP contribution in [0.1, 0.15) is 0 Å². The van der Waals surface area contributed by atoms with Gasteiger partial charge in [0.05, 0.1) is 7.11 Å². The molecule has 1 N–H and O–H groups in total. The number of methoxy groups -OCH3 is 1. The molecule has 0 unspecified atom stereocenters. The Morgan fingerprint density at radius 3 is 2.93 bits per heavy atom. The molecule has 0 saturated carbocycles. The lowest BCUT2D eigenvalue weighted by Crippen LogP contribution is -1.93. The molecule has 15 heavy (non-hydrogen) atoms. The van der Waals surface area contributed by atoms with Crippen LogP contribution in [-0.4, -0.2) is 21.9 Å². The molecule has 78 valence electrons. The molecule has 0 radical (unpaired) electrons. The summed E-state index contributed by atoms with van der Waals surface area (Å²) in [5, 5.41) is 10.5. The van der Waals surface area contributed by atoms with Crippen LogP contribution < -0.4 is 10.1 Å². The number of halogens is 1. The molecular formula is C8H7FN4OS. The monoisotopic (exact) mass is 226 g/mol. The van der Waals surface area contributed by atoms with Gasteiger partial charge >= 0.3 is 0 Å². The van der Waals surface area contributed by atoms with Crippen molar-refractivity contribution in [2.75, 3.05) is 12.4 Å². The summed E-state index contributed by atoms with van der Waals surface area (Å²) in [4.78, 5) is 0. The SMILES string of the molecule is COc1ccc(Nc2nnns2)cc1F. The lowest BCUT2D eigenvalue weighted by molar-refractivity contribution is 0.386. The average Bonchev–Trinajstić information content (AvgIpc) is 2.71. The van der Waals surface area contributed by atoms with Crippen LogP contribution in [0.3, 0.4) is 0 Å². The van der Waals surface area contributed by atoms with Gasteiger partial charge in [0.25, 0.3) is 0 Å². The van der Waals surface area contributed by atoms with Crippen LogP contribution in [-0.2, 0) is 0 Å². The second kappa shape index (κ2) is 4.18. The van der Waals surface area contributed by atoms with Gasteiger partial charge in [-0.25, -0.2) is 4.39 Å². The van der Waals surface area contributed by atoms with E-state index < -0.39 is 5.82 Å². The van der Waals surface area contributed by atoms with E-state index >= 15 is 0 Å². The number of nitrogens with zero attached hydrogens (tertiary/aromatic N) is 3. The third kappa shape index (κ3) is 2.18. The Hall–Kier alpha value is -1.76. The summed E-state index contributed by atoms with van der Waals surface area (Å²) >= 11 is 1.10. The molecule has 0 aliphatic rings. The third-order valence-electron chi connectivity index (χ3n) is 1.70. The molecule has 0 atom stereocenters. The summed E-state index contributed by atoms with van der Waals surface area (Å²) in [7, 11) is 1.42. The number of anilines is 2. The Balaban J connectivity index is 2.20. The average molecular weight is 226 g/mol. The smallest absolute Gasteiger partial charge is 0.229 e. The number of hydrogen-bond acceptors (Lipinski definition) is 6. The largest absolute Gasteiger partial charge is 0.494 e. The van der Waals surface area contributed by atoms with Gasteiger partial charge in [-0.15, -0.1) is 0 Å². The van der Waals surface area contributed by atoms with E-state index in [4.69, 9.17) is 4.74 Å². The van der Waals surface area contributed by atoms with Crippen molar-refractivity contribution in [3.8, 4) is 5.75 Å². The van der Waals surface area contributed by atoms with Crippen molar-refractivity contribution in [3.63, 3.8) is 0 Å². The van der Waals surface area contributed by atoms with E-state index in [0.29, 0.717) is 10.8 Å². The van der Waals surface area contributed by atoms with Gasteiger partial charge in [-0.2, -0.15) is 0 Å². The summed E-state index contributed by atoms with van der Waals surface area (Å²) in [6.45, 7) is 0. The number of rotatable bonds is 3. The minimum Gasteiger partial charge on any atom is -0.494 e. The molecule has 7 heteroatoms. The van der Waals surface area contributed by atoms with Crippen LogP contribution in [0.4, 0.5) is 15.2 Å².